The van der Waals surface area contributed by atoms with Crippen molar-refractivity contribution in [3.8, 4) is 0 Å². The largest absolute Gasteiger partial charge is 0.417 e. The van der Waals surface area contributed by atoms with Gasteiger partial charge in [0.15, 0.2) is 0 Å². The molecule has 14 heteroatoms. The molecule has 170 valence electrons. The normalized spacial score (nSPS) is 12.5. The Morgan fingerprint density at radius 2 is 1.56 bits per heavy atom. The van der Waals surface area contributed by atoms with Crippen LogP contribution >= 0.6 is 23.5 Å². The Labute approximate surface area is 191 Å². The zero-order valence-corrected chi connectivity index (χ0v) is 18.9. The van der Waals surface area contributed by atoms with Crippen molar-refractivity contribution in [2.24, 2.45) is 0 Å². The lowest BCUT2D eigenvalue weighted by atomic mass is 10.2. The Kier molecular flexibility index (Phi) is 7.05. The van der Waals surface area contributed by atoms with Gasteiger partial charge in [-0.05, 0) is 54.4 Å². The van der Waals surface area contributed by atoms with E-state index in [0.29, 0.717) is 18.0 Å². The van der Waals surface area contributed by atoms with Gasteiger partial charge in [-0.15, -0.1) is 4.13 Å². The second-order valence-electron chi connectivity index (χ2n) is 6.10. The molecule has 1 aromatic heterocycles. The fourth-order valence-corrected chi connectivity index (χ4v) is 5.76. The summed E-state index contributed by atoms with van der Waals surface area (Å²) in [6.45, 7) is 0. The Bertz CT molecular complexity index is 1340. The highest BCUT2D eigenvalue weighted by Crippen LogP contribution is 2.36. The van der Waals surface area contributed by atoms with E-state index in [1.807, 2.05) is 0 Å². The summed E-state index contributed by atoms with van der Waals surface area (Å²) >= 11 is 6.05. The van der Waals surface area contributed by atoms with Crippen molar-refractivity contribution in [2.75, 3.05) is 4.72 Å². The SMILES string of the molecule is O=S(=O)(NSc1ncccc1NS(=O)(=O)c1ccc(Cl)c(C(F)(F)F)c1)c1ccccc1. The number of alkyl halides is 3. The fourth-order valence-electron chi connectivity index (χ4n) is 2.38. The third kappa shape index (κ3) is 5.72. The molecule has 0 bridgehead atoms. The molecule has 2 aromatic carbocycles. The molecule has 0 spiro atoms. The Morgan fingerprint density at radius 3 is 2.22 bits per heavy atom. The van der Waals surface area contributed by atoms with Gasteiger partial charge in [0.1, 0.15) is 5.03 Å². The van der Waals surface area contributed by atoms with Gasteiger partial charge in [-0.3, -0.25) is 4.72 Å². The van der Waals surface area contributed by atoms with E-state index >= 15 is 0 Å². The molecule has 0 atom stereocenters. The first-order chi connectivity index (χ1) is 14.9. The van der Waals surface area contributed by atoms with Crippen molar-refractivity contribution in [1.29, 1.82) is 0 Å². The van der Waals surface area contributed by atoms with Gasteiger partial charge < -0.3 is 0 Å². The van der Waals surface area contributed by atoms with Crippen LogP contribution in [0.3, 0.4) is 0 Å². The lowest BCUT2D eigenvalue weighted by Crippen LogP contribution is -2.18. The number of benzene rings is 2. The second-order valence-corrected chi connectivity index (χ2v) is 10.9. The van der Waals surface area contributed by atoms with Crippen LogP contribution < -0.4 is 8.85 Å². The van der Waals surface area contributed by atoms with E-state index in [0.717, 1.165) is 12.1 Å². The zero-order valence-electron chi connectivity index (χ0n) is 15.7. The van der Waals surface area contributed by atoms with Crippen LogP contribution in [-0.4, -0.2) is 21.8 Å². The number of aromatic nitrogens is 1. The number of sulfonamides is 2. The van der Waals surface area contributed by atoms with Crippen LogP contribution in [0.25, 0.3) is 0 Å². The van der Waals surface area contributed by atoms with Crippen LogP contribution in [0, 0.1) is 0 Å². The van der Waals surface area contributed by atoms with Gasteiger partial charge in [0.05, 0.1) is 26.1 Å². The zero-order chi connectivity index (χ0) is 23.6. The van der Waals surface area contributed by atoms with Crippen LogP contribution in [0.5, 0.6) is 0 Å². The van der Waals surface area contributed by atoms with E-state index in [1.165, 1.54) is 42.6 Å². The molecule has 7 nitrogen and oxygen atoms in total. The second kappa shape index (κ2) is 9.27. The minimum Gasteiger partial charge on any atom is -0.277 e. The average molecular weight is 524 g/mol. The smallest absolute Gasteiger partial charge is 0.277 e. The summed E-state index contributed by atoms with van der Waals surface area (Å²) in [5.41, 5.74) is -1.45. The minimum absolute atomic E-state index is 0.0218. The predicted molar refractivity (Wildman–Crippen MR) is 114 cm³/mol. The fraction of sp³-hybridized carbons (Fsp3) is 0.0556. The van der Waals surface area contributed by atoms with Crippen molar-refractivity contribution in [1.82, 2.24) is 9.11 Å². The van der Waals surface area contributed by atoms with Gasteiger partial charge in [-0.2, -0.15) is 13.2 Å². The molecule has 0 aliphatic heterocycles. The molecule has 0 saturated heterocycles. The molecule has 2 N–H and O–H groups in total. The quantitative estimate of drug-likeness (QED) is 0.440. The van der Waals surface area contributed by atoms with Crippen LogP contribution in [0.2, 0.25) is 5.02 Å². The lowest BCUT2D eigenvalue weighted by molar-refractivity contribution is -0.137. The lowest BCUT2D eigenvalue weighted by Gasteiger charge is -2.14. The topological polar surface area (TPSA) is 105 Å². The van der Waals surface area contributed by atoms with E-state index in [4.69, 9.17) is 11.6 Å². The van der Waals surface area contributed by atoms with Crippen LogP contribution in [0.15, 0.2) is 81.7 Å². The first-order valence-electron chi connectivity index (χ1n) is 8.48. The first-order valence-corrected chi connectivity index (χ1v) is 12.6. The number of anilines is 1. The third-order valence-electron chi connectivity index (χ3n) is 3.87. The molecule has 32 heavy (non-hydrogen) atoms. The van der Waals surface area contributed by atoms with Crippen molar-refractivity contribution in [3.05, 3.63) is 77.4 Å². The number of hydrogen-bond acceptors (Lipinski definition) is 6. The maximum atomic E-state index is 13.1. The molecule has 0 aliphatic carbocycles. The van der Waals surface area contributed by atoms with Gasteiger partial charge >= 0.3 is 6.18 Å². The summed E-state index contributed by atoms with van der Waals surface area (Å²) in [6.07, 6.45) is -3.56. The Balaban J connectivity index is 1.86. The summed E-state index contributed by atoms with van der Waals surface area (Å²) in [5, 5.41) is -0.718. The summed E-state index contributed by atoms with van der Waals surface area (Å²) in [7, 11) is -8.42. The molecule has 0 saturated carbocycles. The number of nitrogens with one attached hydrogen (secondary N) is 2. The number of halogens is 4. The van der Waals surface area contributed by atoms with E-state index in [2.05, 4.69) is 13.8 Å². The summed E-state index contributed by atoms with van der Waals surface area (Å²) in [6, 6.07) is 12.2. The highest BCUT2D eigenvalue weighted by atomic mass is 35.5. The number of hydrogen-bond donors (Lipinski definition) is 2. The minimum atomic E-state index is -4.85. The van der Waals surface area contributed by atoms with Gasteiger partial charge in [0, 0.05) is 6.20 Å². The molecule has 0 fully saturated rings. The molecule has 1 heterocycles. The van der Waals surface area contributed by atoms with Crippen molar-refractivity contribution >= 4 is 49.3 Å². The molecule has 0 radical (unpaired) electrons. The Morgan fingerprint density at radius 1 is 0.875 bits per heavy atom. The molecule has 3 rings (SSSR count). The number of pyridine rings is 1. The van der Waals surface area contributed by atoms with Gasteiger partial charge in [0.2, 0.25) is 10.0 Å². The first kappa shape index (κ1) is 24.3. The molecule has 0 amide bonds. The van der Waals surface area contributed by atoms with Crippen molar-refractivity contribution in [2.45, 2.75) is 21.0 Å². The maximum Gasteiger partial charge on any atom is 0.417 e. The van der Waals surface area contributed by atoms with Gasteiger partial charge in [-0.1, -0.05) is 29.8 Å². The highest BCUT2D eigenvalue weighted by molar-refractivity contribution is 8.09. The van der Waals surface area contributed by atoms with E-state index in [9.17, 15) is 30.0 Å². The molecular formula is C18H13ClF3N3O4S3. The number of rotatable bonds is 7. The summed E-state index contributed by atoms with van der Waals surface area (Å²) in [5.74, 6) is 0. The van der Waals surface area contributed by atoms with Crippen LogP contribution in [0.1, 0.15) is 5.56 Å². The summed E-state index contributed by atoms with van der Waals surface area (Å²) in [4.78, 5) is 3.23. The molecule has 0 aliphatic rings. The van der Waals surface area contributed by atoms with Gasteiger partial charge in [-0.25, -0.2) is 21.8 Å². The van der Waals surface area contributed by atoms with Crippen LogP contribution in [-0.2, 0) is 26.2 Å². The predicted octanol–water partition coefficient (Wildman–Crippen LogP) is 4.54. The van der Waals surface area contributed by atoms with E-state index in [-0.39, 0.29) is 15.6 Å². The van der Waals surface area contributed by atoms with E-state index in [1.54, 1.807) is 6.07 Å². The number of nitrogens with zero attached hydrogens (tertiary/aromatic N) is 1. The monoisotopic (exact) mass is 523 g/mol. The Hall–Kier alpha value is -2.32. The molecule has 0 unspecified atom stereocenters. The highest BCUT2D eigenvalue weighted by Gasteiger charge is 2.34. The van der Waals surface area contributed by atoms with E-state index < -0.39 is 41.7 Å². The van der Waals surface area contributed by atoms with Crippen molar-refractivity contribution < 1.29 is 30.0 Å². The maximum absolute atomic E-state index is 13.1. The standard InChI is InChI=1S/C18H13ClF3N3O4S3/c19-15-9-8-13(11-14(15)18(20,21)22)31(26,27)24-16-7-4-10-23-17(16)30-25-32(28,29)12-5-2-1-3-6-12/h1-11,24-25H. The third-order valence-corrected chi connectivity index (χ3v) is 8.19. The summed E-state index contributed by atoms with van der Waals surface area (Å²) < 4.78 is 93.7. The van der Waals surface area contributed by atoms with Crippen LogP contribution in [0.4, 0.5) is 18.9 Å². The molecular weight excluding hydrogens is 511 g/mol. The average Bonchev–Trinajstić information content (AvgIpc) is 2.73. The van der Waals surface area contributed by atoms with Gasteiger partial charge in [0.25, 0.3) is 10.0 Å². The van der Waals surface area contributed by atoms with Crippen molar-refractivity contribution in [3.63, 3.8) is 0 Å². The molecule has 3 aromatic rings.